The molecule has 6 unspecified atom stereocenters. The van der Waals surface area contributed by atoms with Crippen molar-refractivity contribution in [2.45, 2.75) is 70.8 Å². The van der Waals surface area contributed by atoms with E-state index in [0.717, 1.165) is 19.3 Å². The number of fused-ring (bicyclic) bond motifs is 2. The van der Waals surface area contributed by atoms with E-state index in [1.807, 2.05) is 4.90 Å². The average molecular weight is 539 g/mol. The maximum absolute atomic E-state index is 13.6. The van der Waals surface area contributed by atoms with Crippen LogP contribution < -0.4 is 10.1 Å². The molecule has 4 aliphatic rings. The number of piperidine rings is 2. The van der Waals surface area contributed by atoms with Crippen molar-refractivity contribution < 1.29 is 24.2 Å². The summed E-state index contributed by atoms with van der Waals surface area (Å²) in [5.41, 5.74) is -1.30. The van der Waals surface area contributed by atoms with E-state index < -0.39 is 11.8 Å². The lowest BCUT2D eigenvalue weighted by molar-refractivity contribution is -0.166. The van der Waals surface area contributed by atoms with E-state index >= 15 is 0 Å². The molecule has 9 heteroatoms. The minimum atomic E-state index is -1.82. The van der Waals surface area contributed by atoms with Gasteiger partial charge in [-0.05, 0) is 73.1 Å². The topological polar surface area (TPSA) is 115 Å². The number of nitrogens with one attached hydrogen (secondary N) is 1. The number of carbonyl (C=O) groups is 2. The molecule has 2 amide bonds. The van der Waals surface area contributed by atoms with Crippen molar-refractivity contribution in [1.82, 2.24) is 15.1 Å². The molecule has 2 N–H and O–H groups in total. The molecule has 1 aliphatic carbocycles. The number of nitrogens with zero attached hydrogens (tertiary/aromatic N) is 3. The van der Waals surface area contributed by atoms with Gasteiger partial charge >= 0.3 is 6.09 Å². The van der Waals surface area contributed by atoms with Gasteiger partial charge in [0.05, 0.1) is 11.6 Å². The van der Waals surface area contributed by atoms with Crippen molar-refractivity contribution in [3.63, 3.8) is 0 Å². The van der Waals surface area contributed by atoms with Crippen LogP contribution in [0.15, 0.2) is 24.3 Å². The fourth-order valence-corrected chi connectivity index (χ4v) is 7.14. The van der Waals surface area contributed by atoms with Crippen LogP contribution >= 0.6 is 0 Å². The molecule has 0 radical (unpaired) electrons. The number of likely N-dealkylation sites (tertiary alicyclic amines) is 2. The normalized spacial score (nSPS) is 34.5. The Hall–Kier alpha value is -2.83. The van der Waals surface area contributed by atoms with Crippen LogP contribution in [0, 0.1) is 40.9 Å². The Bertz CT molecular complexity index is 1070. The number of carbonyl (C=O) groups excluding carboxylic acids is 2. The van der Waals surface area contributed by atoms with Crippen LogP contribution in [0.2, 0.25) is 0 Å². The van der Waals surface area contributed by atoms with Crippen molar-refractivity contribution in [3.05, 3.63) is 29.8 Å². The highest BCUT2D eigenvalue weighted by atomic mass is 16.6. The predicted molar refractivity (Wildman–Crippen MR) is 145 cm³/mol. The largest absolute Gasteiger partial charge is 0.485 e. The van der Waals surface area contributed by atoms with Crippen LogP contribution in [-0.4, -0.2) is 77.6 Å². The molecule has 3 saturated heterocycles. The third-order valence-corrected chi connectivity index (χ3v) is 9.19. The first-order valence-electron chi connectivity index (χ1n) is 14.6. The quantitative estimate of drug-likeness (QED) is 0.591. The first kappa shape index (κ1) is 27.7. The summed E-state index contributed by atoms with van der Waals surface area (Å²) in [6, 6.07) is 8.73. The standard InChI is InChI=1S/C30H42N4O5/c1-19(2)25-9-4-20(3)12-26(25)39-29(36)34-17-22-13-23(18-34)16-33(15-22)28(35)30(37)27(10-11-32-30)38-24-7-5-21(14-31)6-8-24/h5-8,19-20,22-23,25-27,32,37H,4,9-13,15-18H2,1-3H3/t20?,22?,23?,25?,26?,27?,30-/m1/s1. The van der Waals surface area contributed by atoms with Gasteiger partial charge in [-0.15, -0.1) is 0 Å². The molecule has 9 nitrogen and oxygen atoms in total. The molecular formula is C30H42N4O5. The summed E-state index contributed by atoms with van der Waals surface area (Å²) in [6.45, 7) is 9.22. The average Bonchev–Trinajstić information content (AvgIpc) is 3.28. The molecule has 3 heterocycles. The zero-order chi connectivity index (χ0) is 27.7. The number of aliphatic hydroxyl groups is 1. The van der Waals surface area contributed by atoms with E-state index in [-0.39, 0.29) is 29.9 Å². The van der Waals surface area contributed by atoms with Crippen molar-refractivity contribution in [3.8, 4) is 11.8 Å². The van der Waals surface area contributed by atoms with Gasteiger partial charge in [0.2, 0.25) is 5.72 Å². The van der Waals surface area contributed by atoms with Gasteiger partial charge < -0.3 is 24.4 Å². The predicted octanol–water partition coefficient (Wildman–Crippen LogP) is 3.37. The van der Waals surface area contributed by atoms with Crippen LogP contribution in [0.25, 0.3) is 0 Å². The fraction of sp³-hybridized carbons (Fsp3) is 0.700. The number of rotatable bonds is 5. The van der Waals surface area contributed by atoms with Crippen molar-refractivity contribution >= 4 is 12.0 Å². The molecule has 1 aromatic rings. The summed E-state index contributed by atoms with van der Waals surface area (Å²) in [6.07, 6.45) is 3.67. The third kappa shape index (κ3) is 5.87. The zero-order valence-corrected chi connectivity index (χ0v) is 23.3. The SMILES string of the molecule is CC1CCC(C(C)C)C(OC(=O)N2CC3CC(C2)CN(C(=O)[C@@]2(O)NCCC2Oc2ccc(C#N)cc2)C3)C1. The smallest absolute Gasteiger partial charge is 0.410 e. The van der Waals surface area contributed by atoms with Gasteiger partial charge in [0, 0.05) is 39.1 Å². The number of amides is 2. The van der Waals surface area contributed by atoms with Gasteiger partial charge in [0.1, 0.15) is 11.9 Å². The summed E-state index contributed by atoms with van der Waals surface area (Å²) < 4.78 is 12.1. The number of nitriles is 1. The summed E-state index contributed by atoms with van der Waals surface area (Å²) in [4.78, 5) is 30.5. The molecule has 3 aliphatic heterocycles. The summed E-state index contributed by atoms with van der Waals surface area (Å²) in [5.74, 6) is 1.87. The molecule has 39 heavy (non-hydrogen) atoms. The van der Waals surface area contributed by atoms with Gasteiger partial charge in [-0.2, -0.15) is 5.26 Å². The first-order chi connectivity index (χ1) is 18.7. The summed E-state index contributed by atoms with van der Waals surface area (Å²) in [7, 11) is 0. The maximum atomic E-state index is 13.6. The summed E-state index contributed by atoms with van der Waals surface area (Å²) >= 11 is 0. The number of benzene rings is 1. The van der Waals surface area contributed by atoms with Crippen molar-refractivity contribution in [2.75, 3.05) is 32.7 Å². The second-order valence-corrected chi connectivity index (χ2v) is 12.6. The van der Waals surface area contributed by atoms with Gasteiger partial charge in [-0.1, -0.05) is 27.2 Å². The fourth-order valence-electron chi connectivity index (χ4n) is 7.14. The molecule has 0 spiro atoms. The van der Waals surface area contributed by atoms with Gasteiger partial charge in [0.25, 0.3) is 5.91 Å². The van der Waals surface area contributed by atoms with Crippen molar-refractivity contribution in [2.24, 2.45) is 29.6 Å². The van der Waals surface area contributed by atoms with Crippen LogP contribution in [0.1, 0.15) is 58.4 Å². The molecule has 1 saturated carbocycles. The van der Waals surface area contributed by atoms with E-state index in [1.54, 1.807) is 29.2 Å². The molecule has 0 aromatic heterocycles. The highest BCUT2D eigenvalue weighted by Crippen LogP contribution is 2.37. The molecule has 1 aromatic carbocycles. The lowest BCUT2D eigenvalue weighted by atomic mass is 9.75. The second-order valence-electron chi connectivity index (χ2n) is 12.6. The second kappa shape index (κ2) is 11.3. The van der Waals surface area contributed by atoms with Gasteiger partial charge in [0.15, 0.2) is 6.10 Å². The van der Waals surface area contributed by atoms with Crippen LogP contribution in [0.4, 0.5) is 4.79 Å². The first-order valence-corrected chi connectivity index (χ1v) is 14.6. The highest BCUT2D eigenvalue weighted by molar-refractivity contribution is 5.86. The Morgan fingerprint density at radius 3 is 2.36 bits per heavy atom. The molecule has 2 bridgehead atoms. The molecule has 212 valence electrons. The Balaban J connectivity index is 1.19. The third-order valence-electron chi connectivity index (χ3n) is 9.19. The highest BCUT2D eigenvalue weighted by Gasteiger charge is 2.53. The molecular weight excluding hydrogens is 496 g/mol. The zero-order valence-electron chi connectivity index (χ0n) is 23.3. The number of hydrogen-bond donors (Lipinski definition) is 2. The van der Waals surface area contributed by atoms with E-state index in [4.69, 9.17) is 14.7 Å². The monoisotopic (exact) mass is 538 g/mol. The van der Waals surface area contributed by atoms with Crippen LogP contribution in [0.3, 0.4) is 0 Å². The Morgan fingerprint density at radius 2 is 1.72 bits per heavy atom. The number of ether oxygens (including phenoxy) is 2. The maximum Gasteiger partial charge on any atom is 0.410 e. The minimum absolute atomic E-state index is 0.0307. The number of hydrogen-bond acceptors (Lipinski definition) is 7. The Morgan fingerprint density at radius 1 is 1.05 bits per heavy atom. The molecule has 7 atom stereocenters. The molecule has 5 rings (SSSR count). The van der Waals surface area contributed by atoms with Crippen LogP contribution in [0.5, 0.6) is 5.75 Å². The lowest BCUT2D eigenvalue weighted by Crippen LogP contribution is -2.65. The van der Waals surface area contributed by atoms with E-state index in [2.05, 4.69) is 32.2 Å². The van der Waals surface area contributed by atoms with Gasteiger partial charge in [-0.25, -0.2) is 4.79 Å². The van der Waals surface area contributed by atoms with Crippen molar-refractivity contribution in [1.29, 1.82) is 5.26 Å². The van der Waals surface area contributed by atoms with Gasteiger partial charge in [-0.3, -0.25) is 10.1 Å². The van der Waals surface area contributed by atoms with E-state index in [0.29, 0.717) is 68.2 Å². The lowest BCUT2D eigenvalue weighted by Gasteiger charge is -2.47. The van der Waals surface area contributed by atoms with E-state index in [1.165, 1.54) is 6.42 Å². The Labute approximate surface area is 231 Å². The van der Waals surface area contributed by atoms with Crippen LogP contribution in [-0.2, 0) is 9.53 Å². The van der Waals surface area contributed by atoms with E-state index in [9.17, 15) is 14.7 Å². The molecule has 4 fully saturated rings. The summed E-state index contributed by atoms with van der Waals surface area (Å²) in [5, 5.41) is 23.4. The Kier molecular flexibility index (Phi) is 8.06. The minimum Gasteiger partial charge on any atom is -0.485 e.